The third-order valence-corrected chi connectivity index (χ3v) is 5.24. The largest absolute Gasteiger partial charge is 0.492 e. The van der Waals surface area contributed by atoms with Crippen molar-refractivity contribution in [2.45, 2.75) is 26.4 Å². The lowest BCUT2D eigenvalue weighted by Gasteiger charge is -2.17. The molecule has 0 radical (unpaired) electrons. The Hall–Kier alpha value is -3.68. The van der Waals surface area contributed by atoms with Gasteiger partial charge in [-0.25, -0.2) is 9.67 Å². The number of hydrogen-bond acceptors (Lipinski definition) is 5. The second-order valence-corrected chi connectivity index (χ2v) is 7.69. The summed E-state index contributed by atoms with van der Waals surface area (Å²) in [5.41, 5.74) is 2.89. The number of anilines is 1. The third kappa shape index (κ3) is 5.48. The minimum atomic E-state index is -0.366. The van der Waals surface area contributed by atoms with Crippen LogP contribution >= 0.6 is 0 Å². The molecule has 0 spiro atoms. The molecular formula is C23H25N5O3. The maximum Gasteiger partial charge on any atom is 0.229 e. The van der Waals surface area contributed by atoms with Crippen molar-refractivity contribution in [3.05, 3.63) is 72.3 Å². The summed E-state index contributed by atoms with van der Waals surface area (Å²) in [5.74, 6) is 0.140. The van der Waals surface area contributed by atoms with Gasteiger partial charge in [0.15, 0.2) is 0 Å². The Morgan fingerprint density at radius 2 is 2.06 bits per heavy atom. The summed E-state index contributed by atoms with van der Waals surface area (Å²) >= 11 is 0. The Balaban J connectivity index is 1.29. The van der Waals surface area contributed by atoms with Gasteiger partial charge >= 0.3 is 0 Å². The van der Waals surface area contributed by atoms with Crippen LogP contribution in [0.1, 0.15) is 17.5 Å². The van der Waals surface area contributed by atoms with Crippen molar-refractivity contribution in [3.8, 4) is 5.75 Å². The van der Waals surface area contributed by atoms with Crippen LogP contribution in [0, 0.1) is 12.8 Å². The normalized spacial score (nSPS) is 15.8. The fraction of sp³-hybridized carbons (Fsp3) is 0.304. The molecular weight excluding hydrogens is 394 g/mol. The van der Waals surface area contributed by atoms with E-state index in [4.69, 9.17) is 4.74 Å². The van der Waals surface area contributed by atoms with Crippen LogP contribution in [0.3, 0.4) is 0 Å². The fourth-order valence-corrected chi connectivity index (χ4v) is 3.53. The molecule has 1 unspecified atom stereocenters. The van der Waals surface area contributed by atoms with Crippen LogP contribution in [0.2, 0.25) is 0 Å². The van der Waals surface area contributed by atoms with Gasteiger partial charge in [-0.2, -0.15) is 5.10 Å². The van der Waals surface area contributed by atoms with Crippen molar-refractivity contribution in [1.29, 1.82) is 0 Å². The quantitative estimate of drug-likeness (QED) is 0.606. The van der Waals surface area contributed by atoms with Gasteiger partial charge in [0.2, 0.25) is 11.8 Å². The average molecular weight is 419 g/mol. The molecule has 8 heteroatoms. The van der Waals surface area contributed by atoms with Gasteiger partial charge in [-0.15, -0.1) is 0 Å². The van der Waals surface area contributed by atoms with E-state index >= 15 is 0 Å². The predicted octanol–water partition coefficient (Wildman–Crippen LogP) is 2.65. The number of likely N-dealkylation sites (tertiary alicyclic amines) is 1. The molecule has 1 aliphatic heterocycles. The molecule has 1 fully saturated rings. The van der Waals surface area contributed by atoms with E-state index in [0.29, 0.717) is 37.7 Å². The molecule has 0 saturated carbocycles. The summed E-state index contributed by atoms with van der Waals surface area (Å²) in [5, 5.41) is 6.94. The summed E-state index contributed by atoms with van der Waals surface area (Å²) in [6.07, 6.45) is 3.34. The van der Waals surface area contributed by atoms with Crippen molar-refractivity contribution in [1.82, 2.24) is 19.7 Å². The van der Waals surface area contributed by atoms with Gasteiger partial charge in [0, 0.05) is 31.3 Å². The van der Waals surface area contributed by atoms with E-state index in [0.717, 1.165) is 5.56 Å². The molecule has 0 aliphatic carbocycles. The first-order valence-electron chi connectivity index (χ1n) is 10.3. The molecule has 2 amide bonds. The van der Waals surface area contributed by atoms with Crippen molar-refractivity contribution >= 4 is 17.5 Å². The maximum atomic E-state index is 12.7. The topological polar surface area (TPSA) is 89.3 Å². The monoisotopic (exact) mass is 419 g/mol. The number of carbonyl (C=O) groups excluding carboxylic acids is 2. The molecule has 8 nitrogen and oxygen atoms in total. The molecule has 31 heavy (non-hydrogen) atoms. The highest BCUT2D eigenvalue weighted by molar-refractivity contribution is 5.97. The molecule has 1 N–H and O–H groups in total. The SMILES string of the molecule is Cc1ccc(CN2CC(C(=O)Nc3cccc(OCCn4cncn4)c3)CC2=O)cc1. The molecule has 1 atom stereocenters. The van der Waals surface area contributed by atoms with Crippen LogP contribution in [0.5, 0.6) is 5.75 Å². The Labute approximate surface area is 180 Å². The Morgan fingerprint density at radius 1 is 1.23 bits per heavy atom. The smallest absolute Gasteiger partial charge is 0.229 e. The summed E-state index contributed by atoms with van der Waals surface area (Å²) < 4.78 is 7.42. The predicted molar refractivity (Wildman–Crippen MR) is 115 cm³/mol. The minimum absolute atomic E-state index is 0.00548. The summed E-state index contributed by atoms with van der Waals surface area (Å²) in [6, 6.07) is 15.3. The first-order valence-corrected chi connectivity index (χ1v) is 10.3. The van der Waals surface area contributed by atoms with E-state index in [-0.39, 0.29) is 24.2 Å². The zero-order valence-electron chi connectivity index (χ0n) is 17.4. The second-order valence-electron chi connectivity index (χ2n) is 7.69. The van der Waals surface area contributed by atoms with E-state index in [1.54, 1.807) is 22.0 Å². The molecule has 2 heterocycles. The van der Waals surface area contributed by atoms with Crippen LogP contribution in [0.15, 0.2) is 61.2 Å². The van der Waals surface area contributed by atoms with Crippen molar-refractivity contribution in [3.63, 3.8) is 0 Å². The number of carbonyl (C=O) groups is 2. The first kappa shape index (κ1) is 20.6. The van der Waals surface area contributed by atoms with Crippen LogP contribution < -0.4 is 10.1 Å². The van der Waals surface area contributed by atoms with Gasteiger partial charge < -0.3 is 15.0 Å². The van der Waals surface area contributed by atoms with Gasteiger partial charge in [-0.3, -0.25) is 9.59 Å². The van der Waals surface area contributed by atoms with E-state index in [2.05, 4.69) is 15.4 Å². The minimum Gasteiger partial charge on any atom is -0.492 e. The Morgan fingerprint density at radius 3 is 2.84 bits per heavy atom. The van der Waals surface area contributed by atoms with Gasteiger partial charge in [-0.05, 0) is 24.6 Å². The molecule has 1 aliphatic rings. The van der Waals surface area contributed by atoms with Crippen molar-refractivity contribution in [2.24, 2.45) is 5.92 Å². The molecule has 160 valence electrons. The highest BCUT2D eigenvalue weighted by Gasteiger charge is 2.34. The second kappa shape index (κ2) is 9.42. The summed E-state index contributed by atoms with van der Waals surface area (Å²) in [6.45, 7) is 4.00. The lowest BCUT2D eigenvalue weighted by molar-refractivity contribution is -0.128. The number of nitrogens with zero attached hydrogens (tertiary/aromatic N) is 4. The molecule has 1 aromatic heterocycles. The van der Waals surface area contributed by atoms with Gasteiger partial charge in [-0.1, -0.05) is 35.9 Å². The number of amides is 2. The van der Waals surface area contributed by atoms with E-state index in [1.165, 1.54) is 11.9 Å². The number of benzene rings is 2. The Kier molecular flexibility index (Phi) is 6.26. The first-order chi connectivity index (χ1) is 15.1. The highest BCUT2D eigenvalue weighted by Crippen LogP contribution is 2.23. The number of aromatic nitrogens is 3. The number of aryl methyl sites for hydroxylation is 1. The van der Waals surface area contributed by atoms with Crippen molar-refractivity contribution < 1.29 is 14.3 Å². The van der Waals surface area contributed by atoms with Crippen LogP contribution in [0.4, 0.5) is 5.69 Å². The van der Waals surface area contributed by atoms with Crippen molar-refractivity contribution in [2.75, 3.05) is 18.5 Å². The third-order valence-electron chi connectivity index (χ3n) is 5.24. The lowest BCUT2D eigenvalue weighted by atomic mass is 10.1. The summed E-state index contributed by atoms with van der Waals surface area (Å²) in [7, 11) is 0. The number of hydrogen-bond donors (Lipinski definition) is 1. The molecule has 0 bridgehead atoms. The average Bonchev–Trinajstić information content (AvgIpc) is 3.40. The standard InChI is InChI=1S/C23H25N5O3/c1-17-5-7-18(8-6-17)13-27-14-19(11-22(27)29)23(30)26-20-3-2-4-21(12-20)31-10-9-28-16-24-15-25-28/h2-8,12,15-16,19H,9-11,13-14H2,1H3,(H,26,30). The van der Waals surface area contributed by atoms with Crippen LogP contribution in [-0.2, 0) is 22.7 Å². The molecule has 1 saturated heterocycles. The fourth-order valence-electron chi connectivity index (χ4n) is 3.53. The zero-order valence-corrected chi connectivity index (χ0v) is 17.4. The lowest BCUT2D eigenvalue weighted by Crippen LogP contribution is -2.28. The molecule has 3 aromatic rings. The molecule has 4 rings (SSSR count). The van der Waals surface area contributed by atoms with E-state index in [9.17, 15) is 9.59 Å². The van der Waals surface area contributed by atoms with Gasteiger partial charge in [0.05, 0.1) is 12.5 Å². The zero-order chi connectivity index (χ0) is 21.6. The van der Waals surface area contributed by atoms with Gasteiger partial charge in [0.25, 0.3) is 0 Å². The summed E-state index contributed by atoms with van der Waals surface area (Å²) in [4.78, 5) is 30.8. The van der Waals surface area contributed by atoms with Crippen LogP contribution in [-0.4, -0.2) is 44.6 Å². The molecule has 2 aromatic carbocycles. The van der Waals surface area contributed by atoms with Gasteiger partial charge in [0.1, 0.15) is 25.0 Å². The van der Waals surface area contributed by atoms with E-state index < -0.39 is 0 Å². The number of nitrogens with one attached hydrogen (secondary N) is 1. The Bertz CT molecular complexity index is 1030. The maximum absolute atomic E-state index is 12.7. The van der Waals surface area contributed by atoms with E-state index in [1.807, 2.05) is 49.4 Å². The number of rotatable bonds is 8. The number of ether oxygens (including phenoxy) is 1. The van der Waals surface area contributed by atoms with Crippen LogP contribution in [0.25, 0.3) is 0 Å². The highest BCUT2D eigenvalue weighted by atomic mass is 16.5.